The summed E-state index contributed by atoms with van der Waals surface area (Å²) in [7, 11) is 0. The maximum absolute atomic E-state index is 15.2. The van der Waals surface area contributed by atoms with Crippen LogP contribution in [0.2, 0.25) is 0 Å². The minimum Gasteiger partial charge on any atom is -0.364 e. The van der Waals surface area contributed by atoms with E-state index in [-0.39, 0.29) is 22.7 Å². The van der Waals surface area contributed by atoms with Crippen LogP contribution in [0.4, 0.5) is 8.78 Å². The second-order valence-corrected chi connectivity index (χ2v) is 5.94. The average Bonchev–Trinajstić information content (AvgIpc) is 2.61. The lowest BCUT2D eigenvalue weighted by Gasteiger charge is -2.27. The number of alkyl halides is 1. The summed E-state index contributed by atoms with van der Waals surface area (Å²) in [5.74, 6) is -1.33. The van der Waals surface area contributed by atoms with Crippen LogP contribution in [0, 0.1) is 5.82 Å². The third-order valence-electron chi connectivity index (χ3n) is 4.46. The van der Waals surface area contributed by atoms with Gasteiger partial charge in [-0.25, -0.2) is 8.78 Å². The standard InChI is InChI=1S/C18H19F2N3O/c19-14-4-2-1-3-12(14)16(20)13-7-10-23-17(18(21)24)15(13)11-5-8-22-9-6-11/h1-4,7,10-11,16,22H,5-6,8-9H2,(H2,21,24). The lowest BCUT2D eigenvalue weighted by Crippen LogP contribution is -2.29. The Hall–Kier alpha value is -2.34. The topological polar surface area (TPSA) is 68.0 Å². The Bertz CT molecular complexity index is 745. The van der Waals surface area contributed by atoms with Crippen LogP contribution in [0.5, 0.6) is 0 Å². The van der Waals surface area contributed by atoms with E-state index >= 15 is 4.39 Å². The summed E-state index contributed by atoms with van der Waals surface area (Å²) < 4.78 is 29.2. The van der Waals surface area contributed by atoms with Crippen molar-refractivity contribution < 1.29 is 13.6 Å². The highest BCUT2D eigenvalue weighted by Gasteiger charge is 2.29. The summed E-state index contributed by atoms with van der Waals surface area (Å²) in [6.07, 6.45) is 1.19. The summed E-state index contributed by atoms with van der Waals surface area (Å²) in [4.78, 5) is 15.8. The molecule has 1 atom stereocenters. The number of nitrogens with zero attached hydrogens (tertiary/aromatic N) is 1. The third kappa shape index (κ3) is 3.14. The molecular weight excluding hydrogens is 312 g/mol. The van der Waals surface area contributed by atoms with Gasteiger partial charge in [0, 0.05) is 11.8 Å². The number of rotatable bonds is 4. The molecule has 1 fully saturated rings. The van der Waals surface area contributed by atoms with Crippen LogP contribution in [0.1, 0.15) is 52.1 Å². The number of pyridine rings is 1. The molecule has 1 saturated heterocycles. The van der Waals surface area contributed by atoms with E-state index in [2.05, 4.69) is 10.3 Å². The number of hydrogen-bond donors (Lipinski definition) is 2. The fraction of sp³-hybridized carbons (Fsp3) is 0.333. The molecule has 126 valence electrons. The first-order valence-electron chi connectivity index (χ1n) is 7.97. The molecule has 3 N–H and O–H groups in total. The Morgan fingerprint density at radius 2 is 1.92 bits per heavy atom. The normalized spacial score (nSPS) is 16.8. The molecule has 24 heavy (non-hydrogen) atoms. The Labute approximate surface area is 139 Å². The largest absolute Gasteiger partial charge is 0.364 e. The average molecular weight is 331 g/mol. The van der Waals surface area contributed by atoms with Crippen molar-refractivity contribution in [1.82, 2.24) is 10.3 Å². The van der Waals surface area contributed by atoms with E-state index in [0.29, 0.717) is 5.56 Å². The van der Waals surface area contributed by atoms with E-state index in [0.717, 1.165) is 25.9 Å². The molecule has 0 aliphatic carbocycles. The second kappa shape index (κ2) is 7.05. The maximum Gasteiger partial charge on any atom is 0.267 e. The Morgan fingerprint density at radius 1 is 1.21 bits per heavy atom. The fourth-order valence-electron chi connectivity index (χ4n) is 3.29. The van der Waals surface area contributed by atoms with Gasteiger partial charge in [0.2, 0.25) is 0 Å². The number of carbonyl (C=O) groups excluding carboxylic acids is 1. The van der Waals surface area contributed by atoms with Crippen molar-refractivity contribution in [2.45, 2.75) is 24.9 Å². The number of primary amides is 1. The molecule has 0 saturated carbocycles. The molecule has 4 nitrogen and oxygen atoms in total. The van der Waals surface area contributed by atoms with Gasteiger partial charge >= 0.3 is 0 Å². The minimum atomic E-state index is -1.67. The monoisotopic (exact) mass is 331 g/mol. The van der Waals surface area contributed by atoms with Crippen LogP contribution in [0.15, 0.2) is 36.5 Å². The van der Waals surface area contributed by atoms with Crippen molar-refractivity contribution in [3.8, 4) is 0 Å². The lowest BCUT2D eigenvalue weighted by molar-refractivity contribution is 0.0993. The van der Waals surface area contributed by atoms with Gasteiger partial charge in [0.05, 0.1) is 0 Å². The highest BCUT2D eigenvalue weighted by atomic mass is 19.1. The molecule has 1 aliphatic heterocycles. The zero-order valence-electron chi connectivity index (χ0n) is 13.1. The van der Waals surface area contributed by atoms with Gasteiger partial charge in [-0.2, -0.15) is 0 Å². The van der Waals surface area contributed by atoms with Gasteiger partial charge in [-0.1, -0.05) is 18.2 Å². The van der Waals surface area contributed by atoms with Crippen LogP contribution >= 0.6 is 0 Å². The second-order valence-electron chi connectivity index (χ2n) is 5.94. The van der Waals surface area contributed by atoms with Crippen molar-refractivity contribution in [1.29, 1.82) is 0 Å². The number of benzene rings is 1. The van der Waals surface area contributed by atoms with Crippen molar-refractivity contribution in [2.75, 3.05) is 13.1 Å². The number of piperidine rings is 1. The van der Waals surface area contributed by atoms with Gasteiger partial charge in [-0.05, 0) is 55.1 Å². The SMILES string of the molecule is NC(=O)c1nccc(C(F)c2ccccc2F)c1C1CCNCC1. The highest BCUT2D eigenvalue weighted by molar-refractivity contribution is 5.92. The molecule has 2 heterocycles. The van der Waals surface area contributed by atoms with Gasteiger partial charge in [0.1, 0.15) is 11.5 Å². The van der Waals surface area contributed by atoms with Gasteiger partial charge in [0.25, 0.3) is 5.91 Å². The van der Waals surface area contributed by atoms with Gasteiger partial charge in [0.15, 0.2) is 6.17 Å². The first kappa shape index (κ1) is 16.5. The molecule has 0 bridgehead atoms. The molecule has 2 aromatic rings. The van der Waals surface area contributed by atoms with E-state index < -0.39 is 17.9 Å². The van der Waals surface area contributed by atoms with Crippen LogP contribution in [-0.4, -0.2) is 24.0 Å². The number of aromatic nitrogens is 1. The summed E-state index contributed by atoms with van der Waals surface area (Å²) >= 11 is 0. The van der Waals surface area contributed by atoms with E-state index in [1.807, 2.05) is 0 Å². The minimum absolute atomic E-state index is 0.0255. The van der Waals surface area contributed by atoms with E-state index in [4.69, 9.17) is 5.73 Å². The van der Waals surface area contributed by atoms with Crippen LogP contribution in [0.25, 0.3) is 0 Å². The summed E-state index contributed by atoms with van der Waals surface area (Å²) in [5.41, 5.74) is 6.27. The van der Waals surface area contributed by atoms with Crippen LogP contribution < -0.4 is 11.1 Å². The summed E-state index contributed by atoms with van der Waals surface area (Å²) in [5, 5.41) is 3.23. The number of halogens is 2. The van der Waals surface area contributed by atoms with Crippen molar-refractivity contribution in [3.63, 3.8) is 0 Å². The Kier molecular flexibility index (Phi) is 4.85. The molecule has 1 aliphatic rings. The Balaban J connectivity index is 2.11. The molecule has 0 radical (unpaired) electrons. The zero-order chi connectivity index (χ0) is 17.1. The summed E-state index contributed by atoms with van der Waals surface area (Å²) in [6, 6.07) is 7.26. The quantitative estimate of drug-likeness (QED) is 0.905. The Morgan fingerprint density at radius 3 is 2.58 bits per heavy atom. The molecule has 0 spiro atoms. The molecular formula is C18H19F2N3O. The number of carbonyl (C=O) groups is 1. The predicted octanol–water partition coefficient (Wildman–Crippen LogP) is 2.85. The lowest BCUT2D eigenvalue weighted by atomic mass is 9.83. The smallest absolute Gasteiger partial charge is 0.267 e. The molecule has 1 aromatic heterocycles. The van der Waals surface area contributed by atoms with Gasteiger partial charge in [-0.15, -0.1) is 0 Å². The highest BCUT2D eigenvalue weighted by Crippen LogP contribution is 2.37. The number of hydrogen-bond acceptors (Lipinski definition) is 3. The fourth-order valence-corrected chi connectivity index (χ4v) is 3.29. The predicted molar refractivity (Wildman–Crippen MR) is 87.0 cm³/mol. The molecule has 6 heteroatoms. The van der Waals surface area contributed by atoms with Crippen molar-refractivity contribution >= 4 is 5.91 Å². The number of nitrogens with two attached hydrogens (primary N) is 1. The summed E-state index contributed by atoms with van der Waals surface area (Å²) in [6.45, 7) is 1.54. The molecule has 1 aromatic carbocycles. The molecule has 1 amide bonds. The van der Waals surface area contributed by atoms with Gasteiger partial charge < -0.3 is 11.1 Å². The van der Waals surface area contributed by atoms with Crippen LogP contribution in [-0.2, 0) is 0 Å². The van der Waals surface area contributed by atoms with Gasteiger partial charge in [-0.3, -0.25) is 9.78 Å². The molecule has 3 rings (SSSR count). The zero-order valence-corrected chi connectivity index (χ0v) is 13.1. The first-order chi connectivity index (χ1) is 11.6. The maximum atomic E-state index is 15.2. The van der Waals surface area contributed by atoms with E-state index in [9.17, 15) is 9.18 Å². The number of amides is 1. The number of nitrogens with one attached hydrogen (secondary N) is 1. The van der Waals surface area contributed by atoms with E-state index in [1.54, 1.807) is 6.07 Å². The molecule has 1 unspecified atom stereocenters. The van der Waals surface area contributed by atoms with Crippen LogP contribution in [0.3, 0.4) is 0 Å². The first-order valence-corrected chi connectivity index (χ1v) is 7.97. The third-order valence-corrected chi connectivity index (χ3v) is 4.46. The van der Waals surface area contributed by atoms with Crippen molar-refractivity contribution in [2.24, 2.45) is 5.73 Å². The van der Waals surface area contributed by atoms with E-state index in [1.165, 1.54) is 30.5 Å². The van der Waals surface area contributed by atoms with Crippen molar-refractivity contribution in [3.05, 3.63) is 64.7 Å².